The number of amidine groups is 1. The van der Waals surface area contributed by atoms with Gasteiger partial charge in [-0.1, -0.05) is 32.0 Å². The van der Waals surface area contributed by atoms with Crippen LogP contribution >= 0.6 is 11.8 Å². The van der Waals surface area contributed by atoms with Crippen molar-refractivity contribution in [1.29, 1.82) is 0 Å². The van der Waals surface area contributed by atoms with E-state index in [0.717, 1.165) is 80.8 Å². The van der Waals surface area contributed by atoms with Gasteiger partial charge >= 0.3 is 0 Å². The van der Waals surface area contributed by atoms with E-state index in [2.05, 4.69) is 49.6 Å². The molecule has 0 saturated carbocycles. The van der Waals surface area contributed by atoms with Crippen LogP contribution in [0.1, 0.15) is 64.0 Å². The smallest absolute Gasteiger partial charge is 0.266 e. The number of methoxy groups -OCH3 is 1. The van der Waals surface area contributed by atoms with Crippen LogP contribution in [0.5, 0.6) is 5.75 Å². The van der Waals surface area contributed by atoms with E-state index in [0.29, 0.717) is 17.4 Å². The molecular weight excluding hydrogens is 532 g/mol. The van der Waals surface area contributed by atoms with Gasteiger partial charge in [-0.2, -0.15) is 0 Å². The van der Waals surface area contributed by atoms with Crippen molar-refractivity contribution in [3.63, 3.8) is 0 Å². The molecule has 41 heavy (non-hydrogen) atoms. The number of aliphatic imine (C=N–C) groups is 1. The summed E-state index contributed by atoms with van der Waals surface area (Å²) in [5.74, 6) is 1.21. The Morgan fingerprint density at radius 3 is 2.59 bits per heavy atom. The van der Waals surface area contributed by atoms with Crippen molar-refractivity contribution in [3.8, 4) is 5.75 Å². The fourth-order valence-electron chi connectivity index (χ4n) is 6.28. The fourth-order valence-corrected chi connectivity index (χ4v) is 7.30. The highest BCUT2D eigenvalue weighted by Gasteiger charge is 2.37. The molecule has 0 aromatic heterocycles. The topological polar surface area (TPSA) is 57.6 Å². The number of carbonyl (C=O) groups is 1. The van der Waals surface area contributed by atoms with E-state index in [1.165, 1.54) is 23.0 Å². The Hall–Kier alpha value is -2.81. The zero-order valence-electron chi connectivity index (χ0n) is 25.2. The summed E-state index contributed by atoms with van der Waals surface area (Å²) in [6, 6.07) is 14.3. The summed E-state index contributed by atoms with van der Waals surface area (Å²) in [4.78, 5) is 26.2. The Kier molecular flexibility index (Phi) is 9.42. The van der Waals surface area contributed by atoms with Crippen molar-refractivity contribution in [2.45, 2.75) is 58.4 Å². The van der Waals surface area contributed by atoms with Crippen LogP contribution in [0.15, 0.2) is 52.4 Å². The van der Waals surface area contributed by atoms with E-state index in [1.54, 1.807) is 7.11 Å². The molecule has 3 aliphatic heterocycles. The molecule has 3 heterocycles. The maximum atomic E-state index is 13.8. The number of thioether (sulfide) groups is 1. The first-order chi connectivity index (χ1) is 19.8. The summed E-state index contributed by atoms with van der Waals surface area (Å²) in [7, 11) is 1.72. The Balaban J connectivity index is 1.45. The molecule has 1 atom stereocenters. The van der Waals surface area contributed by atoms with Gasteiger partial charge in [-0.15, -0.1) is 0 Å². The first-order valence-electron chi connectivity index (χ1n) is 15.0. The van der Waals surface area contributed by atoms with Gasteiger partial charge in [-0.05, 0) is 80.6 Å². The van der Waals surface area contributed by atoms with Gasteiger partial charge in [0.05, 0.1) is 30.9 Å². The van der Waals surface area contributed by atoms with Crippen LogP contribution in [0.25, 0.3) is 6.08 Å². The summed E-state index contributed by atoms with van der Waals surface area (Å²) in [6.07, 6.45) is 5.06. The number of carbonyl (C=O) groups excluding carboxylic acids is 1. The van der Waals surface area contributed by atoms with Gasteiger partial charge < -0.3 is 14.4 Å². The highest BCUT2D eigenvalue weighted by molar-refractivity contribution is 8.18. The zero-order chi connectivity index (χ0) is 29.0. The highest BCUT2D eigenvalue weighted by Crippen LogP contribution is 2.46. The third-order valence-corrected chi connectivity index (χ3v) is 9.31. The molecule has 1 unspecified atom stereocenters. The van der Waals surface area contributed by atoms with Crippen molar-refractivity contribution < 1.29 is 14.3 Å². The molecule has 2 aromatic rings. The molecule has 2 saturated heterocycles. The Morgan fingerprint density at radius 1 is 1.12 bits per heavy atom. The molecule has 220 valence electrons. The first-order valence-corrected chi connectivity index (χ1v) is 15.8. The minimum atomic E-state index is 0.00761. The number of para-hydroxylation sites is 1. The largest absolute Gasteiger partial charge is 0.496 e. The molecule has 1 amide bonds. The SMILES string of the molecule is CCCN1c2cc(OC)c(/C=C3/SC(=Nc4ccccc4)N(CCCN4CCOCC4)C3=O)cc2C(C)CC1(C)C. The molecule has 0 spiro atoms. The first kappa shape index (κ1) is 29.7. The van der Waals surface area contributed by atoms with E-state index in [1.807, 2.05) is 41.3 Å². The van der Waals surface area contributed by atoms with Crippen LogP contribution in [0.2, 0.25) is 0 Å². The van der Waals surface area contributed by atoms with Crippen molar-refractivity contribution >= 4 is 40.3 Å². The molecule has 0 bridgehead atoms. The van der Waals surface area contributed by atoms with Crippen molar-refractivity contribution in [2.24, 2.45) is 4.99 Å². The minimum Gasteiger partial charge on any atom is -0.496 e. The maximum absolute atomic E-state index is 13.8. The number of anilines is 1. The zero-order valence-corrected chi connectivity index (χ0v) is 26.0. The number of benzene rings is 2. The van der Waals surface area contributed by atoms with Gasteiger partial charge in [0.1, 0.15) is 5.75 Å². The summed E-state index contributed by atoms with van der Waals surface area (Å²) in [6.45, 7) is 15.2. The number of nitrogens with zero attached hydrogens (tertiary/aromatic N) is 4. The molecule has 2 fully saturated rings. The molecule has 7 nitrogen and oxygen atoms in total. The summed E-state index contributed by atoms with van der Waals surface area (Å²) >= 11 is 1.46. The predicted octanol–water partition coefficient (Wildman–Crippen LogP) is 6.52. The van der Waals surface area contributed by atoms with Crippen LogP contribution in [0.4, 0.5) is 11.4 Å². The number of rotatable bonds is 9. The summed E-state index contributed by atoms with van der Waals surface area (Å²) in [5.41, 5.74) is 4.44. The standard InChI is InChI=1S/C33H44N4O3S/c1-6-13-37-28-22-29(39-5)25(20-27(28)24(2)23-33(37,3)4)21-30-31(38)36(15-10-14-35-16-18-40-19-17-35)32(41-30)34-26-11-8-7-9-12-26/h7-9,11-12,20-22,24H,6,10,13-19,23H2,1-5H3/b30-21+,34-32?. The number of fused-ring (bicyclic) bond motifs is 1. The fraction of sp³-hybridized carbons (Fsp3) is 0.515. The monoisotopic (exact) mass is 576 g/mol. The number of hydrogen-bond donors (Lipinski definition) is 0. The number of hydrogen-bond acceptors (Lipinski definition) is 7. The third kappa shape index (κ3) is 6.65. The van der Waals surface area contributed by atoms with Crippen molar-refractivity contribution in [2.75, 3.05) is 57.9 Å². The quantitative estimate of drug-likeness (QED) is 0.317. The van der Waals surface area contributed by atoms with Crippen LogP contribution < -0.4 is 9.64 Å². The molecule has 0 N–H and O–H groups in total. The average molecular weight is 577 g/mol. The lowest BCUT2D eigenvalue weighted by molar-refractivity contribution is -0.122. The molecule has 0 aliphatic carbocycles. The lowest BCUT2D eigenvalue weighted by Gasteiger charge is -2.47. The maximum Gasteiger partial charge on any atom is 0.266 e. The Bertz CT molecular complexity index is 1290. The average Bonchev–Trinajstić information content (AvgIpc) is 3.25. The van der Waals surface area contributed by atoms with Gasteiger partial charge in [-0.3, -0.25) is 14.6 Å². The van der Waals surface area contributed by atoms with E-state index in [9.17, 15) is 4.79 Å². The van der Waals surface area contributed by atoms with Gasteiger partial charge in [0.2, 0.25) is 0 Å². The lowest BCUT2D eigenvalue weighted by atomic mass is 9.79. The van der Waals surface area contributed by atoms with E-state index in [4.69, 9.17) is 14.5 Å². The lowest BCUT2D eigenvalue weighted by Crippen LogP contribution is -2.48. The van der Waals surface area contributed by atoms with Gasteiger partial charge in [0.15, 0.2) is 5.17 Å². The Labute approximate surface area is 249 Å². The number of ether oxygens (including phenoxy) is 2. The normalized spacial score (nSPS) is 23.0. The van der Waals surface area contributed by atoms with Gasteiger partial charge in [0.25, 0.3) is 5.91 Å². The van der Waals surface area contributed by atoms with Crippen LogP contribution in [-0.2, 0) is 9.53 Å². The second-order valence-electron chi connectivity index (χ2n) is 11.8. The van der Waals surface area contributed by atoms with Crippen LogP contribution in [0.3, 0.4) is 0 Å². The van der Waals surface area contributed by atoms with Gasteiger partial charge in [-0.25, -0.2) is 4.99 Å². The van der Waals surface area contributed by atoms with Gasteiger partial charge in [0, 0.05) is 55.6 Å². The second kappa shape index (κ2) is 13.0. The van der Waals surface area contributed by atoms with Crippen LogP contribution in [-0.4, -0.2) is 79.5 Å². The number of amides is 1. The van der Waals surface area contributed by atoms with Crippen molar-refractivity contribution in [3.05, 3.63) is 58.5 Å². The second-order valence-corrected chi connectivity index (χ2v) is 12.8. The molecule has 0 radical (unpaired) electrons. The van der Waals surface area contributed by atoms with E-state index >= 15 is 0 Å². The van der Waals surface area contributed by atoms with Crippen molar-refractivity contribution in [1.82, 2.24) is 9.80 Å². The summed E-state index contributed by atoms with van der Waals surface area (Å²) in [5, 5.41) is 0.732. The number of morpholine rings is 1. The molecular formula is C33H44N4O3S. The Morgan fingerprint density at radius 2 is 1.88 bits per heavy atom. The van der Waals surface area contributed by atoms with E-state index < -0.39 is 0 Å². The minimum absolute atomic E-state index is 0.00761. The van der Waals surface area contributed by atoms with E-state index in [-0.39, 0.29) is 11.4 Å². The third-order valence-electron chi connectivity index (χ3n) is 8.30. The predicted molar refractivity (Wildman–Crippen MR) is 170 cm³/mol. The molecule has 8 heteroatoms. The summed E-state index contributed by atoms with van der Waals surface area (Å²) < 4.78 is 11.4. The molecule has 3 aliphatic rings. The highest BCUT2D eigenvalue weighted by atomic mass is 32.2. The molecule has 2 aromatic carbocycles. The molecule has 5 rings (SSSR count). The van der Waals surface area contributed by atoms with Crippen LogP contribution in [0, 0.1) is 0 Å².